The van der Waals surface area contributed by atoms with Crippen LogP contribution in [0.25, 0.3) is 11.3 Å². The van der Waals surface area contributed by atoms with E-state index in [1.807, 2.05) is 49.4 Å². The quantitative estimate of drug-likeness (QED) is 0.760. The summed E-state index contributed by atoms with van der Waals surface area (Å²) in [5.41, 5.74) is 3.02. The summed E-state index contributed by atoms with van der Waals surface area (Å²) in [6, 6.07) is 13.5. The number of benzene rings is 1. The third-order valence-electron chi connectivity index (χ3n) is 3.60. The number of ether oxygens (including phenoxy) is 1. The molecular formula is C18H19N3O2. The van der Waals surface area contributed by atoms with E-state index in [0.717, 1.165) is 22.6 Å². The monoisotopic (exact) mass is 309 g/mol. The van der Waals surface area contributed by atoms with Gasteiger partial charge in [0.15, 0.2) is 0 Å². The highest BCUT2D eigenvalue weighted by atomic mass is 16.5. The lowest BCUT2D eigenvalue weighted by molar-refractivity contribution is 0.0895. The maximum absolute atomic E-state index is 10.2. The van der Waals surface area contributed by atoms with Crippen LogP contribution in [-0.2, 0) is 6.54 Å². The number of pyridine rings is 1. The molecule has 2 heterocycles. The highest BCUT2D eigenvalue weighted by Crippen LogP contribution is 2.19. The Hall–Kier alpha value is -2.66. The molecule has 0 saturated carbocycles. The van der Waals surface area contributed by atoms with Crippen LogP contribution in [0.2, 0.25) is 0 Å². The van der Waals surface area contributed by atoms with Gasteiger partial charge in [0.05, 0.1) is 12.2 Å². The fourth-order valence-electron chi connectivity index (χ4n) is 2.40. The van der Waals surface area contributed by atoms with Crippen LogP contribution in [0.4, 0.5) is 0 Å². The van der Waals surface area contributed by atoms with Crippen LogP contribution in [-0.4, -0.2) is 32.6 Å². The van der Waals surface area contributed by atoms with E-state index in [0.29, 0.717) is 6.54 Å². The van der Waals surface area contributed by atoms with E-state index in [9.17, 15) is 5.11 Å². The normalized spacial score (nSPS) is 12.1. The number of nitrogens with zero attached hydrogens (tertiary/aromatic N) is 3. The van der Waals surface area contributed by atoms with Crippen LogP contribution >= 0.6 is 0 Å². The molecule has 1 N–H and O–H groups in total. The molecule has 118 valence electrons. The van der Waals surface area contributed by atoms with Gasteiger partial charge in [-0.05, 0) is 36.8 Å². The highest BCUT2D eigenvalue weighted by Gasteiger charge is 2.12. The van der Waals surface area contributed by atoms with Crippen molar-refractivity contribution in [1.29, 1.82) is 0 Å². The Labute approximate surface area is 135 Å². The van der Waals surface area contributed by atoms with Gasteiger partial charge in [-0.15, -0.1) is 0 Å². The van der Waals surface area contributed by atoms with E-state index in [2.05, 4.69) is 10.1 Å². The third kappa shape index (κ3) is 3.76. The topological polar surface area (TPSA) is 60.2 Å². The van der Waals surface area contributed by atoms with Crippen LogP contribution in [0.3, 0.4) is 0 Å². The third-order valence-corrected chi connectivity index (χ3v) is 3.60. The molecule has 1 unspecified atom stereocenters. The summed E-state index contributed by atoms with van der Waals surface area (Å²) in [5.74, 6) is 0.793. The van der Waals surface area contributed by atoms with Crippen molar-refractivity contribution >= 4 is 0 Å². The Bertz CT molecular complexity index is 756. The van der Waals surface area contributed by atoms with E-state index in [1.54, 1.807) is 23.3 Å². The molecular weight excluding hydrogens is 290 g/mol. The highest BCUT2D eigenvalue weighted by molar-refractivity contribution is 5.58. The number of rotatable bonds is 6. The molecule has 3 rings (SSSR count). The molecule has 1 aromatic carbocycles. The molecule has 0 fully saturated rings. The summed E-state index contributed by atoms with van der Waals surface area (Å²) >= 11 is 0. The van der Waals surface area contributed by atoms with Gasteiger partial charge >= 0.3 is 0 Å². The van der Waals surface area contributed by atoms with E-state index < -0.39 is 6.10 Å². The van der Waals surface area contributed by atoms with Gasteiger partial charge in [0.2, 0.25) is 0 Å². The van der Waals surface area contributed by atoms with Crippen molar-refractivity contribution in [2.24, 2.45) is 0 Å². The molecule has 0 aliphatic heterocycles. The Morgan fingerprint density at radius 3 is 2.65 bits per heavy atom. The van der Waals surface area contributed by atoms with Gasteiger partial charge in [0.1, 0.15) is 18.5 Å². The molecule has 5 nitrogen and oxygen atoms in total. The lowest BCUT2D eigenvalue weighted by Gasteiger charge is -2.15. The minimum Gasteiger partial charge on any atom is -0.491 e. The van der Waals surface area contributed by atoms with E-state index in [-0.39, 0.29) is 6.61 Å². The second-order valence-corrected chi connectivity index (χ2v) is 5.36. The smallest absolute Gasteiger partial charge is 0.122 e. The molecule has 0 amide bonds. The zero-order valence-corrected chi connectivity index (χ0v) is 13.0. The van der Waals surface area contributed by atoms with Gasteiger partial charge in [-0.2, -0.15) is 5.10 Å². The lowest BCUT2D eigenvalue weighted by atomic mass is 10.2. The number of aryl methyl sites for hydroxylation is 1. The summed E-state index contributed by atoms with van der Waals surface area (Å²) in [4.78, 5) is 4.02. The summed E-state index contributed by atoms with van der Waals surface area (Å²) in [7, 11) is 0. The van der Waals surface area contributed by atoms with Crippen molar-refractivity contribution < 1.29 is 9.84 Å². The van der Waals surface area contributed by atoms with Crippen molar-refractivity contribution in [2.75, 3.05) is 6.61 Å². The number of aliphatic hydroxyl groups is 1. The van der Waals surface area contributed by atoms with Gasteiger partial charge in [-0.1, -0.05) is 18.2 Å². The van der Waals surface area contributed by atoms with E-state index in [4.69, 9.17) is 4.74 Å². The van der Waals surface area contributed by atoms with Crippen LogP contribution in [0, 0.1) is 6.92 Å². The number of para-hydroxylation sites is 1. The van der Waals surface area contributed by atoms with Crippen molar-refractivity contribution in [3.8, 4) is 17.0 Å². The Balaban J connectivity index is 1.64. The Morgan fingerprint density at radius 1 is 1.09 bits per heavy atom. The van der Waals surface area contributed by atoms with Crippen LogP contribution in [0.15, 0.2) is 61.1 Å². The predicted octanol–water partition coefficient (Wildman–Crippen LogP) is 2.69. The van der Waals surface area contributed by atoms with Gasteiger partial charge in [-0.3, -0.25) is 9.67 Å². The standard InChI is InChI=1S/C18H19N3O2/c1-14-4-2-3-5-18(14)23-13-16(22)12-21-17(8-11-20-21)15-6-9-19-10-7-15/h2-11,16,22H,12-13H2,1H3. The van der Waals surface area contributed by atoms with Crippen molar-refractivity contribution in [3.63, 3.8) is 0 Å². The molecule has 1 atom stereocenters. The predicted molar refractivity (Wildman–Crippen MR) is 88.1 cm³/mol. The molecule has 23 heavy (non-hydrogen) atoms. The Kier molecular flexibility index (Phi) is 4.68. The van der Waals surface area contributed by atoms with Crippen LogP contribution in [0.1, 0.15) is 5.56 Å². The molecule has 0 bridgehead atoms. The fourth-order valence-corrected chi connectivity index (χ4v) is 2.40. The van der Waals surface area contributed by atoms with Gasteiger partial charge in [-0.25, -0.2) is 0 Å². The maximum atomic E-state index is 10.2. The van der Waals surface area contributed by atoms with E-state index >= 15 is 0 Å². The summed E-state index contributed by atoms with van der Waals surface area (Å²) in [6.07, 6.45) is 4.56. The van der Waals surface area contributed by atoms with E-state index in [1.165, 1.54) is 0 Å². The molecule has 5 heteroatoms. The van der Waals surface area contributed by atoms with Crippen molar-refractivity contribution in [2.45, 2.75) is 19.6 Å². The Morgan fingerprint density at radius 2 is 1.87 bits per heavy atom. The molecule has 0 spiro atoms. The second kappa shape index (κ2) is 7.07. The average Bonchev–Trinajstić information content (AvgIpc) is 3.03. The number of hydrogen-bond donors (Lipinski definition) is 1. The largest absolute Gasteiger partial charge is 0.491 e. The number of hydrogen-bond acceptors (Lipinski definition) is 4. The average molecular weight is 309 g/mol. The first-order valence-corrected chi connectivity index (χ1v) is 7.53. The molecule has 3 aromatic rings. The van der Waals surface area contributed by atoms with Crippen LogP contribution in [0.5, 0.6) is 5.75 Å². The first-order valence-electron chi connectivity index (χ1n) is 7.53. The fraction of sp³-hybridized carbons (Fsp3) is 0.222. The number of aromatic nitrogens is 3. The lowest BCUT2D eigenvalue weighted by Crippen LogP contribution is -2.24. The molecule has 0 aliphatic carbocycles. The summed E-state index contributed by atoms with van der Waals surface area (Å²) in [5, 5.41) is 14.5. The minimum atomic E-state index is -0.643. The molecule has 0 radical (unpaired) electrons. The molecule has 0 saturated heterocycles. The van der Waals surface area contributed by atoms with Gasteiger partial charge in [0.25, 0.3) is 0 Å². The first-order chi connectivity index (χ1) is 11.2. The summed E-state index contributed by atoms with van der Waals surface area (Å²) in [6.45, 7) is 2.58. The first kappa shape index (κ1) is 15.2. The van der Waals surface area contributed by atoms with Gasteiger partial charge in [0, 0.05) is 24.2 Å². The molecule has 0 aliphatic rings. The summed E-state index contributed by atoms with van der Waals surface area (Å²) < 4.78 is 7.47. The number of aliphatic hydroxyl groups excluding tert-OH is 1. The molecule has 2 aromatic heterocycles. The zero-order valence-electron chi connectivity index (χ0n) is 13.0. The van der Waals surface area contributed by atoms with Crippen LogP contribution < -0.4 is 4.74 Å². The SMILES string of the molecule is Cc1ccccc1OCC(O)Cn1nccc1-c1ccncc1. The van der Waals surface area contributed by atoms with Gasteiger partial charge < -0.3 is 9.84 Å². The van der Waals surface area contributed by atoms with Crippen molar-refractivity contribution in [1.82, 2.24) is 14.8 Å². The zero-order chi connectivity index (χ0) is 16.1. The second-order valence-electron chi connectivity index (χ2n) is 5.36. The minimum absolute atomic E-state index is 0.223. The van der Waals surface area contributed by atoms with Crippen molar-refractivity contribution in [3.05, 3.63) is 66.6 Å². The maximum Gasteiger partial charge on any atom is 0.122 e.